The maximum atomic E-state index is 12.3. The van der Waals surface area contributed by atoms with E-state index in [1.807, 2.05) is 6.92 Å². The lowest BCUT2D eigenvalue weighted by Crippen LogP contribution is -2.26. The van der Waals surface area contributed by atoms with Crippen molar-refractivity contribution in [3.05, 3.63) is 59.6 Å². The van der Waals surface area contributed by atoms with Gasteiger partial charge in [-0.05, 0) is 30.7 Å². The summed E-state index contributed by atoms with van der Waals surface area (Å²) in [6.45, 7) is 2.56. The number of carboxylic acid groups (broad SMARTS) is 1. The van der Waals surface area contributed by atoms with Crippen molar-refractivity contribution in [1.29, 1.82) is 0 Å². The van der Waals surface area contributed by atoms with Crippen molar-refractivity contribution < 1.29 is 19.1 Å². The number of carboxylic acids is 1. The number of amides is 1. The normalized spacial score (nSPS) is 11.1. The third kappa shape index (κ3) is 4.17. The molecule has 28 heavy (non-hydrogen) atoms. The van der Waals surface area contributed by atoms with E-state index in [1.54, 1.807) is 31.3 Å². The first-order chi connectivity index (χ1) is 13.5. The third-order valence-electron chi connectivity index (χ3n) is 4.04. The van der Waals surface area contributed by atoms with Gasteiger partial charge in [0.15, 0.2) is 5.69 Å². The Kier molecular flexibility index (Phi) is 5.69. The molecule has 3 rings (SSSR count). The summed E-state index contributed by atoms with van der Waals surface area (Å²) < 4.78 is 7.22. The third-order valence-corrected chi connectivity index (χ3v) is 4.04. The first-order valence-corrected chi connectivity index (χ1v) is 8.77. The van der Waals surface area contributed by atoms with E-state index < -0.39 is 5.97 Å². The molecule has 0 fully saturated rings. The number of aliphatic imine (C=N–C) groups is 1. The zero-order valence-electron chi connectivity index (χ0n) is 15.5. The molecule has 2 heterocycles. The standard InChI is InChI=1S/C20H20N4O4/c1-3-10-21-19(25)18-16(12-23-24(18)2)22-11-15-8-9-17(28-15)13-4-6-14(7-5-13)20(26)27/h4-9,11-12H,3,10H2,1-2H3,(H,21,25)(H,26,27). The van der Waals surface area contributed by atoms with Crippen LogP contribution in [0.5, 0.6) is 0 Å². The fourth-order valence-electron chi connectivity index (χ4n) is 2.59. The van der Waals surface area contributed by atoms with Gasteiger partial charge in [-0.1, -0.05) is 19.1 Å². The van der Waals surface area contributed by atoms with Crippen LogP contribution in [0.1, 0.15) is 40.0 Å². The van der Waals surface area contributed by atoms with Crippen LogP contribution >= 0.6 is 0 Å². The summed E-state index contributed by atoms with van der Waals surface area (Å²) >= 11 is 0. The molecule has 2 N–H and O–H groups in total. The molecule has 1 amide bonds. The molecule has 0 bridgehead atoms. The monoisotopic (exact) mass is 380 g/mol. The van der Waals surface area contributed by atoms with Gasteiger partial charge in [0.25, 0.3) is 5.91 Å². The van der Waals surface area contributed by atoms with Gasteiger partial charge in [0.2, 0.25) is 0 Å². The summed E-state index contributed by atoms with van der Waals surface area (Å²) in [6, 6.07) is 9.92. The highest BCUT2D eigenvalue weighted by molar-refractivity contribution is 5.98. The number of carbonyl (C=O) groups is 2. The number of aromatic carboxylic acids is 1. The van der Waals surface area contributed by atoms with Crippen molar-refractivity contribution in [2.75, 3.05) is 6.54 Å². The van der Waals surface area contributed by atoms with E-state index in [-0.39, 0.29) is 11.5 Å². The Balaban J connectivity index is 1.78. The van der Waals surface area contributed by atoms with Crippen LogP contribution in [0.2, 0.25) is 0 Å². The van der Waals surface area contributed by atoms with Gasteiger partial charge < -0.3 is 14.8 Å². The zero-order valence-corrected chi connectivity index (χ0v) is 15.5. The molecule has 8 heteroatoms. The minimum absolute atomic E-state index is 0.211. The number of benzene rings is 1. The van der Waals surface area contributed by atoms with Gasteiger partial charge in [-0.2, -0.15) is 5.10 Å². The van der Waals surface area contributed by atoms with E-state index in [0.29, 0.717) is 29.4 Å². The molecular weight excluding hydrogens is 360 g/mol. The number of carbonyl (C=O) groups excluding carboxylic acids is 1. The van der Waals surface area contributed by atoms with Gasteiger partial charge in [-0.25, -0.2) is 9.79 Å². The van der Waals surface area contributed by atoms with E-state index in [2.05, 4.69) is 15.4 Å². The molecule has 0 saturated heterocycles. The highest BCUT2D eigenvalue weighted by Gasteiger charge is 2.16. The maximum absolute atomic E-state index is 12.3. The van der Waals surface area contributed by atoms with Gasteiger partial charge in [0.1, 0.15) is 17.2 Å². The fraction of sp³-hybridized carbons (Fsp3) is 0.200. The number of furan rings is 1. The molecule has 0 saturated carbocycles. The van der Waals surface area contributed by atoms with Gasteiger partial charge in [0.05, 0.1) is 18.0 Å². The van der Waals surface area contributed by atoms with Crippen molar-refractivity contribution in [3.63, 3.8) is 0 Å². The lowest BCUT2D eigenvalue weighted by Gasteiger charge is -2.04. The zero-order chi connectivity index (χ0) is 20.1. The Morgan fingerprint density at radius 2 is 2.00 bits per heavy atom. The van der Waals surface area contributed by atoms with Crippen LogP contribution in [0.3, 0.4) is 0 Å². The molecule has 0 unspecified atom stereocenters. The summed E-state index contributed by atoms with van der Waals surface area (Å²) in [4.78, 5) is 27.5. The predicted octanol–water partition coefficient (Wildman–Crippen LogP) is 3.27. The number of aryl methyl sites for hydroxylation is 1. The Hall–Kier alpha value is -3.68. The average Bonchev–Trinajstić information content (AvgIpc) is 3.31. The van der Waals surface area contributed by atoms with Gasteiger partial charge in [0, 0.05) is 19.2 Å². The number of hydrogen-bond donors (Lipinski definition) is 2. The lowest BCUT2D eigenvalue weighted by molar-refractivity contribution is 0.0696. The number of nitrogens with one attached hydrogen (secondary N) is 1. The van der Waals surface area contributed by atoms with Gasteiger partial charge >= 0.3 is 5.97 Å². The predicted molar refractivity (Wildman–Crippen MR) is 104 cm³/mol. The molecule has 0 aliphatic carbocycles. The fourth-order valence-corrected chi connectivity index (χ4v) is 2.59. The average molecular weight is 380 g/mol. The van der Waals surface area contributed by atoms with Crippen LogP contribution in [0.25, 0.3) is 11.3 Å². The molecule has 144 valence electrons. The number of rotatable bonds is 7. The van der Waals surface area contributed by atoms with E-state index >= 15 is 0 Å². The topological polar surface area (TPSA) is 110 Å². The van der Waals surface area contributed by atoms with E-state index in [9.17, 15) is 9.59 Å². The van der Waals surface area contributed by atoms with Crippen molar-refractivity contribution in [2.45, 2.75) is 13.3 Å². The highest BCUT2D eigenvalue weighted by Crippen LogP contribution is 2.23. The van der Waals surface area contributed by atoms with Crippen LogP contribution < -0.4 is 5.32 Å². The SMILES string of the molecule is CCCNC(=O)c1c(N=Cc2ccc(-c3ccc(C(=O)O)cc3)o2)cnn1C. The first-order valence-electron chi connectivity index (χ1n) is 8.77. The number of hydrogen-bond acceptors (Lipinski definition) is 5. The van der Waals surface area contributed by atoms with Crippen LogP contribution in [-0.4, -0.2) is 39.5 Å². The van der Waals surface area contributed by atoms with Crippen molar-refractivity contribution in [2.24, 2.45) is 12.0 Å². The largest absolute Gasteiger partial charge is 0.478 e. The second-order valence-corrected chi connectivity index (χ2v) is 6.10. The van der Waals surface area contributed by atoms with Crippen molar-refractivity contribution in [3.8, 4) is 11.3 Å². The minimum atomic E-state index is -0.978. The van der Waals surface area contributed by atoms with E-state index in [0.717, 1.165) is 12.0 Å². The summed E-state index contributed by atoms with van der Waals surface area (Å²) in [7, 11) is 1.69. The Bertz CT molecular complexity index is 1020. The summed E-state index contributed by atoms with van der Waals surface area (Å²) in [5.41, 5.74) is 1.79. The Morgan fingerprint density at radius 3 is 2.68 bits per heavy atom. The molecule has 2 aromatic heterocycles. The second-order valence-electron chi connectivity index (χ2n) is 6.10. The Labute approximate surface area is 161 Å². The molecule has 8 nitrogen and oxygen atoms in total. The van der Waals surface area contributed by atoms with Gasteiger partial charge in [-0.15, -0.1) is 0 Å². The molecule has 0 spiro atoms. The number of nitrogens with zero attached hydrogens (tertiary/aromatic N) is 3. The van der Waals surface area contributed by atoms with Crippen molar-refractivity contribution >= 4 is 23.8 Å². The summed E-state index contributed by atoms with van der Waals surface area (Å²) in [6.07, 6.45) is 3.87. The number of aromatic nitrogens is 2. The molecular formula is C20H20N4O4. The van der Waals surface area contributed by atoms with Crippen LogP contribution in [0, 0.1) is 0 Å². The smallest absolute Gasteiger partial charge is 0.335 e. The maximum Gasteiger partial charge on any atom is 0.335 e. The minimum Gasteiger partial charge on any atom is -0.478 e. The van der Waals surface area contributed by atoms with Crippen LogP contribution in [0.4, 0.5) is 5.69 Å². The van der Waals surface area contributed by atoms with Crippen molar-refractivity contribution in [1.82, 2.24) is 15.1 Å². The van der Waals surface area contributed by atoms with Crippen LogP contribution in [-0.2, 0) is 7.05 Å². The van der Waals surface area contributed by atoms with Gasteiger partial charge in [-0.3, -0.25) is 9.48 Å². The summed E-state index contributed by atoms with van der Waals surface area (Å²) in [5, 5.41) is 15.9. The molecule has 0 aliphatic heterocycles. The summed E-state index contributed by atoms with van der Waals surface area (Å²) in [5.74, 6) is -0.117. The molecule has 0 radical (unpaired) electrons. The van der Waals surface area contributed by atoms with Crippen LogP contribution in [0.15, 0.2) is 52.0 Å². The quantitative estimate of drug-likeness (QED) is 0.611. The molecule has 3 aromatic rings. The molecule has 1 aromatic carbocycles. The first kappa shape index (κ1) is 19.1. The van der Waals surface area contributed by atoms with E-state index in [1.165, 1.54) is 29.2 Å². The second kappa shape index (κ2) is 8.34. The molecule has 0 atom stereocenters. The molecule has 0 aliphatic rings. The lowest BCUT2D eigenvalue weighted by atomic mass is 10.1. The Morgan fingerprint density at radius 1 is 1.25 bits per heavy atom. The highest BCUT2D eigenvalue weighted by atomic mass is 16.4. The van der Waals surface area contributed by atoms with E-state index in [4.69, 9.17) is 9.52 Å².